The second-order valence-corrected chi connectivity index (χ2v) is 6.42. The number of rotatable bonds is 8. The number of hydrogen-bond acceptors (Lipinski definition) is 7. The fourth-order valence-corrected chi connectivity index (χ4v) is 1.85. The van der Waals surface area contributed by atoms with E-state index in [1.807, 2.05) is 21.1 Å². The van der Waals surface area contributed by atoms with Crippen molar-refractivity contribution in [3.05, 3.63) is 0 Å². The minimum Gasteiger partial charge on any atom is -0.550 e. The molecule has 1 amide bonds. The molecule has 0 aliphatic carbocycles. The summed E-state index contributed by atoms with van der Waals surface area (Å²) in [5.41, 5.74) is 0. The number of carbonyl (C=O) groups is 4. The summed E-state index contributed by atoms with van der Waals surface area (Å²) >= 11 is 3.73. The molecular formula is C14H26N2O7S. The lowest BCUT2D eigenvalue weighted by molar-refractivity contribution is -0.873. The van der Waals surface area contributed by atoms with Crippen LogP contribution in [0.2, 0.25) is 0 Å². The molecule has 1 unspecified atom stereocenters. The summed E-state index contributed by atoms with van der Waals surface area (Å²) in [6.07, 6.45) is -0.868. The van der Waals surface area contributed by atoms with E-state index in [0.29, 0.717) is 11.0 Å². The van der Waals surface area contributed by atoms with Gasteiger partial charge in [-0.2, -0.15) is 12.6 Å². The number of esters is 1. The van der Waals surface area contributed by atoms with Crippen LogP contribution >= 0.6 is 12.6 Å². The first-order valence-corrected chi connectivity index (χ1v) is 7.70. The van der Waals surface area contributed by atoms with Gasteiger partial charge in [-0.05, 0) is 0 Å². The summed E-state index contributed by atoms with van der Waals surface area (Å²) in [6.45, 7) is 2.98. The van der Waals surface area contributed by atoms with Gasteiger partial charge in [0.1, 0.15) is 12.6 Å². The Balaban J connectivity index is 0. The molecule has 0 aromatic rings. The summed E-state index contributed by atoms with van der Waals surface area (Å²) in [4.78, 5) is 41.6. The normalized spacial score (nSPS) is 12.9. The predicted octanol–water partition coefficient (Wildman–Crippen LogP) is -1.73. The largest absolute Gasteiger partial charge is 0.550 e. The van der Waals surface area contributed by atoms with Gasteiger partial charge in [-0.15, -0.1) is 0 Å². The van der Waals surface area contributed by atoms with Crippen LogP contribution in [0.4, 0.5) is 0 Å². The number of likely N-dealkylation sites (N-methyl/N-ethyl adjacent to an activating group) is 1. The molecule has 0 aromatic heterocycles. The second kappa shape index (κ2) is 11.7. The van der Waals surface area contributed by atoms with Gasteiger partial charge < -0.3 is 29.5 Å². The highest BCUT2D eigenvalue weighted by Crippen LogP contribution is 2.04. The van der Waals surface area contributed by atoms with E-state index in [0.717, 1.165) is 0 Å². The second-order valence-electron chi connectivity index (χ2n) is 6.05. The molecule has 0 aliphatic heterocycles. The lowest BCUT2D eigenvalue weighted by Gasteiger charge is -2.28. The number of quaternary nitrogens is 1. The number of amides is 1. The molecule has 0 saturated carbocycles. The fourth-order valence-electron chi connectivity index (χ4n) is 1.61. The van der Waals surface area contributed by atoms with Crippen molar-refractivity contribution in [2.24, 2.45) is 0 Å². The first-order valence-electron chi connectivity index (χ1n) is 7.06. The summed E-state index contributed by atoms with van der Waals surface area (Å²) in [6, 6.07) is -0.874. The van der Waals surface area contributed by atoms with Crippen LogP contribution in [-0.4, -0.2) is 79.0 Å². The molecular weight excluding hydrogens is 340 g/mol. The van der Waals surface area contributed by atoms with Gasteiger partial charge in [0.15, 0.2) is 6.10 Å². The molecule has 0 aliphatic rings. The highest BCUT2D eigenvalue weighted by Gasteiger charge is 2.20. The fraction of sp³-hybridized carbons (Fsp3) is 0.714. The minimum absolute atomic E-state index is 0.106. The van der Waals surface area contributed by atoms with Gasteiger partial charge in [0.05, 0.1) is 21.1 Å². The Labute approximate surface area is 147 Å². The maximum atomic E-state index is 10.7. The molecule has 0 heterocycles. The van der Waals surface area contributed by atoms with Crippen LogP contribution in [0.1, 0.15) is 20.3 Å². The van der Waals surface area contributed by atoms with E-state index < -0.39 is 30.1 Å². The van der Waals surface area contributed by atoms with E-state index in [2.05, 4.69) is 17.9 Å². The Morgan fingerprint density at radius 3 is 1.92 bits per heavy atom. The maximum absolute atomic E-state index is 10.7. The van der Waals surface area contributed by atoms with Crippen molar-refractivity contribution in [2.45, 2.75) is 32.4 Å². The topological polar surface area (TPSA) is 133 Å². The van der Waals surface area contributed by atoms with Crippen LogP contribution in [0.15, 0.2) is 0 Å². The lowest BCUT2D eigenvalue weighted by atomic mass is 10.2. The molecule has 140 valence electrons. The molecule has 0 spiro atoms. The van der Waals surface area contributed by atoms with E-state index in [1.54, 1.807) is 0 Å². The van der Waals surface area contributed by atoms with E-state index >= 15 is 0 Å². The van der Waals surface area contributed by atoms with Crippen LogP contribution in [0.3, 0.4) is 0 Å². The van der Waals surface area contributed by atoms with Crippen molar-refractivity contribution in [1.29, 1.82) is 0 Å². The molecule has 0 bridgehead atoms. The number of ether oxygens (including phenoxy) is 1. The van der Waals surface area contributed by atoms with E-state index in [-0.39, 0.29) is 18.1 Å². The summed E-state index contributed by atoms with van der Waals surface area (Å²) in [7, 11) is 5.68. The van der Waals surface area contributed by atoms with Gasteiger partial charge in [0, 0.05) is 32.0 Å². The van der Waals surface area contributed by atoms with Crippen LogP contribution < -0.4 is 10.4 Å². The number of nitrogens with one attached hydrogen (secondary N) is 1. The lowest BCUT2D eigenvalue weighted by Crippen LogP contribution is -2.45. The minimum atomic E-state index is -1.20. The highest BCUT2D eigenvalue weighted by molar-refractivity contribution is 7.80. The van der Waals surface area contributed by atoms with Crippen LogP contribution in [0.25, 0.3) is 0 Å². The summed E-state index contributed by atoms with van der Waals surface area (Å²) in [5, 5.41) is 20.9. The Morgan fingerprint density at radius 1 is 1.21 bits per heavy atom. The standard InChI is InChI=1S/C9H17NO4.C5H9NO3S/c1-7(11)14-8(5-9(12)13)6-10(2,3)4;1-3(7)6-4(2-10)5(8)9/h8H,5-6H2,1-4H3;4,10H,2H2,1H3,(H,6,7)(H,8,9)/t;4-/m.0/s1. The van der Waals surface area contributed by atoms with Crippen LogP contribution in [-0.2, 0) is 23.9 Å². The number of carboxylic acid groups (broad SMARTS) is 2. The van der Waals surface area contributed by atoms with Crippen LogP contribution in [0.5, 0.6) is 0 Å². The Hall–Kier alpha value is -1.81. The quantitative estimate of drug-likeness (QED) is 0.264. The molecule has 0 saturated heterocycles. The number of thiol groups is 1. The van der Waals surface area contributed by atoms with Crippen molar-refractivity contribution in [3.8, 4) is 0 Å². The molecule has 2 atom stereocenters. The molecule has 0 aromatic carbocycles. The van der Waals surface area contributed by atoms with Gasteiger partial charge in [-0.25, -0.2) is 4.79 Å². The van der Waals surface area contributed by atoms with Crippen molar-refractivity contribution in [2.75, 3.05) is 33.4 Å². The molecule has 0 fully saturated rings. The zero-order valence-corrected chi connectivity index (χ0v) is 15.5. The number of aliphatic carboxylic acids is 2. The molecule has 0 rings (SSSR count). The zero-order chi connectivity index (χ0) is 19.5. The molecule has 24 heavy (non-hydrogen) atoms. The Kier molecular flexibility index (Phi) is 11.9. The van der Waals surface area contributed by atoms with Gasteiger partial charge in [0.2, 0.25) is 5.91 Å². The van der Waals surface area contributed by atoms with Gasteiger partial charge in [-0.3, -0.25) is 9.59 Å². The first-order chi connectivity index (χ1) is 10.8. The summed E-state index contributed by atoms with van der Waals surface area (Å²) in [5.74, 6) is -2.99. The van der Waals surface area contributed by atoms with E-state index in [4.69, 9.17) is 9.84 Å². The molecule has 10 heteroatoms. The smallest absolute Gasteiger partial charge is 0.327 e. The number of carboxylic acids is 2. The number of nitrogens with zero attached hydrogens (tertiary/aromatic N) is 1. The molecule has 0 radical (unpaired) electrons. The van der Waals surface area contributed by atoms with Gasteiger partial charge in [0.25, 0.3) is 0 Å². The average Bonchev–Trinajstić information content (AvgIpc) is 2.32. The van der Waals surface area contributed by atoms with E-state index in [9.17, 15) is 24.3 Å². The molecule has 2 N–H and O–H groups in total. The Bertz CT molecular complexity index is 433. The van der Waals surface area contributed by atoms with Crippen molar-refractivity contribution >= 4 is 36.4 Å². The monoisotopic (exact) mass is 366 g/mol. The molecule has 9 nitrogen and oxygen atoms in total. The third kappa shape index (κ3) is 16.6. The average molecular weight is 366 g/mol. The predicted molar refractivity (Wildman–Crippen MR) is 87.2 cm³/mol. The third-order valence-electron chi connectivity index (χ3n) is 2.34. The summed E-state index contributed by atoms with van der Waals surface area (Å²) < 4.78 is 5.39. The van der Waals surface area contributed by atoms with Crippen LogP contribution in [0, 0.1) is 0 Å². The number of carbonyl (C=O) groups excluding carboxylic acids is 3. The van der Waals surface area contributed by atoms with Crippen molar-refractivity contribution in [3.63, 3.8) is 0 Å². The van der Waals surface area contributed by atoms with Gasteiger partial charge in [-0.1, -0.05) is 0 Å². The van der Waals surface area contributed by atoms with Crippen molar-refractivity contribution in [1.82, 2.24) is 5.32 Å². The van der Waals surface area contributed by atoms with Crippen molar-refractivity contribution < 1.29 is 38.6 Å². The third-order valence-corrected chi connectivity index (χ3v) is 2.70. The maximum Gasteiger partial charge on any atom is 0.327 e. The van der Waals surface area contributed by atoms with Gasteiger partial charge >= 0.3 is 11.9 Å². The zero-order valence-electron chi connectivity index (χ0n) is 14.6. The number of hydrogen-bond donors (Lipinski definition) is 3. The van der Waals surface area contributed by atoms with E-state index in [1.165, 1.54) is 13.8 Å². The SMILES string of the molecule is CC(=O)N[C@@H](CS)C(=O)O.CC(=O)OC(CC(=O)[O-])C[N+](C)(C)C. The highest BCUT2D eigenvalue weighted by atomic mass is 32.1. The first kappa shape index (κ1) is 24.4. The Morgan fingerprint density at radius 2 is 1.71 bits per heavy atom.